The Balaban J connectivity index is 2.33. The Hall–Kier alpha value is -2.56. The number of carbonyl (C=O) groups is 1. The maximum Gasteiger partial charge on any atom is 0.338 e. The van der Waals surface area contributed by atoms with Gasteiger partial charge in [-0.3, -0.25) is 0 Å². The second-order valence-corrected chi connectivity index (χ2v) is 3.64. The van der Waals surface area contributed by atoms with Crippen molar-refractivity contribution in [1.82, 2.24) is 0 Å². The topological polar surface area (TPSA) is 69.6 Å². The van der Waals surface area contributed by atoms with Crippen molar-refractivity contribution in [1.29, 1.82) is 0 Å². The lowest BCUT2D eigenvalue weighted by atomic mass is 10.2. The number of carboxylic acid groups (broad SMARTS) is 1. The third-order valence-electron chi connectivity index (χ3n) is 2.38. The van der Waals surface area contributed by atoms with E-state index in [1.165, 1.54) is 18.2 Å². The van der Waals surface area contributed by atoms with Crippen LogP contribution in [0.5, 0.6) is 5.75 Å². The molecule has 0 radical (unpaired) electrons. The van der Waals surface area contributed by atoms with Crippen LogP contribution in [-0.4, -0.2) is 16.2 Å². The molecule has 4 nitrogen and oxygen atoms in total. The second kappa shape index (κ2) is 4.75. The van der Waals surface area contributed by atoms with Gasteiger partial charge in [0.05, 0.1) is 11.3 Å². The molecule has 0 atom stereocenters. The van der Waals surface area contributed by atoms with Crippen molar-refractivity contribution in [3.63, 3.8) is 0 Å². The van der Waals surface area contributed by atoms with E-state index in [-0.39, 0.29) is 5.75 Å². The van der Waals surface area contributed by atoms with Crippen LogP contribution in [0.3, 0.4) is 0 Å². The Labute approximate surface area is 102 Å². The quantitative estimate of drug-likeness (QED) is 0.729. The number of nitrogens with one attached hydrogen (secondary N) is 1. The van der Waals surface area contributed by atoms with Gasteiger partial charge >= 0.3 is 5.97 Å². The first-order valence-electron chi connectivity index (χ1n) is 5.16. The summed E-state index contributed by atoms with van der Waals surface area (Å²) in [6, 6.07) is 10.1. The third-order valence-corrected chi connectivity index (χ3v) is 2.38. The molecule has 0 fully saturated rings. The fourth-order valence-corrected chi connectivity index (χ4v) is 1.50. The Morgan fingerprint density at radius 3 is 2.56 bits per heavy atom. The molecule has 2 aromatic rings. The van der Waals surface area contributed by atoms with Crippen molar-refractivity contribution in [3.05, 3.63) is 53.8 Å². The second-order valence-electron chi connectivity index (χ2n) is 3.64. The van der Waals surface area contributed by atoms with Crippen LogP contribution in [-0.2, 0) is 0 Å². The fraction of sp³-hybridized carbons (Fsp3) is 0. The highest BCUT2D eigenvalue weighted by molar-refractivity contribution is 5.89. The van der Waals surface area contributed by atoms with Crippen LogP contribution in [0.4, 0.5) is 15.8 Å². The summed E-state index contributed by atoms with van der Waals surface area (Å²) in [5.74, 6) is -2.11. The van der Waals surface area contributed by atoms with Crippen molar-refractivity contribution in [2.24, 2.45) is 0 Å². The molecule has 0 spiro atoms. The number of phenols is 1. The Morgan fingerprint density at radius 2 is 1.89 bits per heavy atom. The van der Waals surface area contributed by atoms with Gasteiger partial charge < -0.3 is 15.5 Å². The van der Waals surface area contributed by atoms with Gasteiger partial charge in [-0.2, -0.15) is 0 Å². The third kappa shape index (κ3) is 2.40. The van der Waals surface area contributed by atoms with Gasteiger partial charge in [0, 0.05) is 5.69 Å². The number of aromatic hydroxyl groups is 1. The van der Waals surface area contributed by atoms with E-state index in [0.717, 1.165) is 6.07 Å². The van der Waals surface area contributed by atoms with Gasteiger partial charge in [0.2, 0.25) is 0 Å². The Morgan fingerprint density at radius 1 is 1.17 bits per heavy atom. The molecule has 2 rings (SSSR count). The molecule has 0 bridgehead atoms. The van der Waals surface area contributed by atoms with E-state index >= 15 is 0 Å². The molecule has 18 heavy (non-hydrogen) atoms. The minimum atomic E-state index is -1.34. The lowest BCUT2D eigenvalue weighted by Gasteiger charge is -2.09. The summed E-state index contributed by atoms with van der Waals surface area (Å²) in [5.41, 5.74) is 0.381. The number of aromatic carboxylic acids is 1. The standard InChI is InChI=1S/C13H10FNO3/c14-10-6-5-8(7-9(10)13(17)18)15-11-3-1-2-4-12(11)16/h1-7,15-16H,(H,17,18). The highest BCUT2D eigenvalue weighted by Crippen LogP contribution is 2.26. The van der Waals surface area contributed by atoms with Gasteiger partial charge in [0.25, 0.3) is 0 Å². The van der Waals surface area contributed by atoms with E-state index in [1.807, 2.05) is 0 Å². The zero-order valence-electron chi connectivity index (χ0n) is 9.22. The average Bonchev–Trinajstić information content (AvgIpc) is 2.34. The van der Waals surface area contributed by atoms with Crippen molar-refractivity contribution >= 4 is 17.3 Å². The molecule has 0 saturated heterocycles. The molecule has 0 heterocycles. The number of para-hydroxylation sites is 2. The number of anilines is 2. The van der Waals surface area contributed by atoms with E-state index in [0.29, 0.717) is 11.4 Å². The zero-order valence-corrected chi connectivity index (χ0v) is 9.22. The normalized spacial score (nSPS) is 10.1. The molecular weight excluding hydrogens is 237 g/mol. The summed E-state index contributed by atoms with van der Waals surface area (Å²) in [6.07, 6.45) is 0. The first kappa shape index (κ1) is 11.9. The van der Waals surface area contributed by atoms with Crippen LogP contribution < -0.4 is 5.32 Å². The van der Waals surface area contributed by atoms with Gasteiger partial charge in [0.15, 0.2) is 0 Å². The zero-order chi connectivity index (χ0) is 13.1. The summed E-state index contributed by atoms with van der Waals surface area (Å²) in [5, 5.41) is 21.2. The Bertz CT molecular complexity index is 599. The monoisotopic (exact) mass is 247 g/mol. The number of carboxylic acids is 1. The number of benzene rings is 2. The highest BCUT2D eigenvalue weighted by Gasteiger charge is 2.11. The molecule has 0 aliphatic rings. The van der Waals surface area contributed by atoms with Crippen LogP contribution in [0.15, 0.2) is 42.5 Å². The van der Waals surface area contributed by atoms with Gasteiger partial charge in [-0.15, -0.1) is 0 Å². The van der Waals surface area contributed by atoms with E-state index < -0.39 is 17.3 Å². The van der Waals surface area contributed by atoms with Gasteiger partial charge in [-0.05, 0) is 30.3 Å². The first-order chi connectivity index (χ1) is 8.58. The van der Waals surface area contributed by atoms with Crippen LogP contribution in [0, 0.1) is 5.82 Å². The summed E-state index contributed by atoms with van der Waals surface area (Å²) in [7, 11) is 0. The van der Waals surface area contributed by atoms with Crippen LogP contribution in [0.1, 0.15) is 10.4 Å². The predicted octanol–water partition coefficient (Wildman–Crippen LogP) is 2.97. The molecule has 0 saturated carbocycles. The number of halogens is 1. The van der Waals surface area contributed by atoms with Crippen LogP contribution >= 0.6 is 0 Å². The molecule has 92 valence electrons. The van der Waals surface area contributed by atoms with Gasteiger partial charge in [0.1, 0.15) is 11.6 Å². The summed E-state index contributed by atoms with van der Waals surface area (Å²) < 4.78 is 13.2. The SMILES string of the molecule is O=C(O)c1cc(Nc2ccccc2O)ccc1F. The molecule has 2 aromatic carbocycles. The molecule has 0 amide bonds. The molecule has 5 heteroatoms. The molecule has 3 N–H and O–H groups in total. The maximum absolute atomic E-state index is 13.2. The largest absolute Gasteiger partial charge is 0.506 e. The van der Waals surface area contributed by atoms with E-state index in [2.05, 4.69) is 5.32 Å². The highest BCUT2D eigenvalue weighted by atomic mass is 19.1. The molecule has 0 aliphatic carbocycles. The number of hydrogen-bond donors (Lipinski definition) is 3. The van der Waals surface area contributed by atoms with E-state index in [9.17, 15) is 14.3 Å². The minimum Gasteiger partial charge on any atom is -0.506 e. The lowest BCUT2D eigenvalue weighted by molar-refractivity contribution is 0.0692. The molecule has 0 aromatic heterocycles. The lowest BCUT2D eigenvalue weighted by Crippen LogP contribution is -2.01. The molecule has 0 aliphatic heterocycles. The maximum atomic E-state index is 13.2. The smallest absolute Gasteiger partial charge is 0.338 e. The number of phenolic OH excluding ortho intramolecular Hbond substituents is 1. The number of rotatable bonds is 3. The van der Waals surface area contributed by atoms with Crippen LogP contribution in [0.25, 0.3) is 0 Å². The number of hydrogen-bond acceptors (Lipinski definition) is 3. The van der Waals surface area contributed by atoms with Gasteiger partial charge in [-0.25, -0.2) is 9.18 Å². The van der Waals surface area contributed by atoms with E-state index in [4.69, 9.17) is 5.11 Å². The van der Waals surface area contributed by atoms with Crippen molar-refractivity contribution in [2.75, 3.05) is 5.32 Å². The molecular formula is C13H10FNO3. The van der Waals surface area contributed by atoms with Crippen molar-refractivity contribution in [3.8, 4) is 5.75 Å². The van der Waals surface area contributed by atoms with Crippen LogP contribution in [0.2, 0.25) is 0 Å². The Kier molecular flexibility index (Phi) is 3.14. The molecule has 0 unspecified atom stereocenters. The van der Waals surface area contributed by atoms with E-state index in [1.54, 1.807) is 18.2 Å². The minimum absolute atomic E-state index is 0.0266. The first-order valence-corrected chi connectivity index (χ1v) is 5.16. The summed E-state index contributed by atoms with van der Waals surface area (Å²) in [6.45, 7) is 0. The van der Waals surface area contributed by atoms with Crippen molar-refractivity contribution < 1.29 is 19.4 Å². The van der Waals surface area contributed by atoms with Gasteiger partial charge in [-0.1, -0.05) is 12.1 Å². The average molecular weight is 247 g/mol. The predicted molar refractivity (Wildman–Crippen MR) is 64.7 cm³/mol. The van der Waals surface area contributed by atoms with Crippen molar-refractivity contribution in [2.45, 2.75) is 0 Å². The summed E-state index contributed by atoms with van der Waals surface area (Å²) in [4.78, 5) is 10.8. The summed E-state index contributed by atoms with van der Waals surface area (Å²) >= 11 is 0. The fourth-order valence-electron chi connectivity index (χ4n) is 1.50.